The third kappa shape index (κ3) is 7.85. The second-order valence-corrected chi connectivity index (χ2v) is 4.97. The third-order valence-corrected chi connectivity index (χ3v) is 3.22. The number of nitrogens with one attached hydrogen (secondary N) is 1. The fourth-order valence-corrected chi connectivity index (χ4v) is 1.80. The summed E-state index contributed by atoms with van der Waals surface area (Å²) in [6.07, 6.45) is 4.98. The molecule has 0 aromatic heterocycles. The third-order valence-electron chi connectivity index (χ3n) is 3.22. The van der Waals surface area contributed by atoms with Crippen molar-refractivity contribution in [1.82, 2.24) is 5.32 Å². The summed E-state index contributed by atoms with van der Waals surface area (Å²) >= 11 is 0. The smallest absolute Gasteiger partial charge is 0.309 e. The molecule has 1 amide bonds. The summed E-state index contributed by atoms with van der Waals surface area (Å²) in [5.74, 6) is -0.521. The van der Waals surface area contributed by atoms with Crippen molar-refractivity contribution >= 4 is 11.9 Å². The Kier molecular flexibility index (Phi) is 10.2. The summed E-state index contributed by atoms with van der Waals surface area (Å²) in [6, 6.07) is 0. The standard InChI is InChI=1S/C15H29NO3/c1-5-8-10-13(7-3)15(18)19-12(4)14(17)16-11-9-6-2/h12-13H,5-11H2,1-4H3,(H,16,17)/t12-,13-/m0/s1. The van der Waals surface area contributed by atoms with E-state index >= 15 is 0 Å². The minimum Gasteiger partial charge on any atom is -0.452 e. The lowest BCUT2D eigenvalue weighted by molar-refractivity contribution is -0.159. The molecule has 1 N–H and O–H groups in total. The van der Waals surface area contributed by atoms with Gasteiger partial charge in [-0.1, -0.05) is 40.0 Å². The zero-order valence-electron chi connectivity index (χ0n) is 12.8. The maximum atomic E-state index is 11.9. The van der Waals surface area contributed by atoms with E-state index in [2.05, 4.69) is 19.2 Å². The summed E-state index contributed by atoms with van der Waals surface area (Å²) in [5, 5.41) is 2.77. The number of unbranched alkanes of at least 4 members (excludes halogenated alkanes) is 2. The van der Waals surface area contributed by atoms with Crippen LogP contribution in [0.25, 0.3) is 0 Å². The van der Waals surface area contributed by atoms with Gasteiger partial charge in [0.15, 0.2) is 6.10 Å². The zero-order valence-corrected chi connectivity index (χ0v) is 12.8. The van der Waals surface area contributed by atoms with Crippen LogP contribution in [-0.2, 0) is 14.3 Å². The van der Waals surface area contributed by atoms with Gasteiger partial charge in [0.25, 0.3) is 5.91 Å². The van der Waals surface area contributed by atoms with Crippen LogP contribution in [0, 0.1) is 5.92 Å². The van der Waals surface area contributed by atoms with Crippen molar-refractivity contribution in [3.63, 3.8) is 0 Å². The number of ether oxygens (including phenoxy) is 1. The Labute approximate surface area is 117 Å². The van der Waals surface area contributed by atoms with Crippen LogP contribution < -0.4 is 5.32 Å². The predicted octanol–water partition coefficient (Wildman–Crippen LogP) is 3.05. The molecule has 0 fully saturated rings. The van der Waals surface area contributed by atoms with E-state index in [1.807, 2.05) is 6.92 Å². The first-order valence-corrected chi connectivity index (χ1v) is 7.54. The highest BCUT2D eigenvalue weighted by Gasteiger charge is 2.23. The van der Waals surface area contributed by atoms with Crippen LogP contribution in [0.2, 0.25) is 0 Å². The van der Waals surface area contributed by atoms with Crippen LogP contribution >= 0.6 is 0 Å². The fourth-order valence-electron chi connectivity index (χ4n) is 1.80. The monoisotopic (exact) mass is 271 g/mol. The van der Waals surface area contributed by atoms with Crippen LogP contribution in [0.1, 0.15) is 66.2 Å². The van der Waals surface area contributed by atoms with E-state index in [1.165, 1.54) is 0 Å². The lowest BCUT2D eigenvalue weighted by Crippen LogP contribution is -2.37. The molecule has 2 atom stereocenters. The number of hydrogen-bond donors (Lipinski definition) is 1. The molecule has 112 valence electrons. The first kappa shape index (κ1) is 17.9. The quantitative estimate of drug-likeness (QED) is 0.491. The topological polar surface area (TPSA) is 55.4 Å². The number of amides is 1. The Morgan fingerprint density at radius 1 is 1.11 bits per heavy atom. The van der Waals surface area contributed by atoms with E-state index in [1.54, 1.807) is 6.92 Å². The number of rotatable bonds is 10. The molecule has 0 aromatic rings. The van der Waals surface area contributed by atoms with Gasteiger partial charge in [-0.3, -0.25) is 9.59 Å². The molecular weight excluding hydrogens is 242 g/mol. The second-order valence-electron chi connectivity index (χ2n) is 4.97. The van der Waals surface area contributed by atoms with Crippen molar-refractivity contribution in [3.8, 4) is 0 Å². The van der Waals surface area contributed by atoms with Gasteiger partial charge < -0.3 is 10.1 Å². The van der Waals surface area contributed by atoms with Crippen LogP contribution in [0.4, 0.5) is 0 Å². The summed E-state index contributed by atoms with van der Waals surface area (Å²) < 4.78 is 5.24. The summed E-state index contributed by atoms with van der Waals surface area (Å²) in [6.45, 7) is 8.42. The average molecular weight is 271 g/mol. The van der Waals surface area contributed by atoms with E-state index in [0.717, 1.165) is 38.5 Å². The Bertz CT molecular complexity index is 266. The predicted molar refractivity (Wildman–Crippen MR) is 76.8 cm³/mol. The van der Waals surface area contributed by atoms with Crippen LogP contribution in [0.3, 0.4) is 0 Å². The minimum atomic E-state index is -0.694. The molecule has 0 rings (SSSR count). The highest BCUT2D eigenvalue weighted by atomic mass is 16.5. The van der Waals surface area contributed by atoms with Gasteiger partial charge in [-0.15, -0.1) is 0 Å². The molecule has 0 aliphatic rings. The highest BCUT2D eigenvalue weighted by molar-refractivity contribution is 5.83. The van der Waals surface area contributed by atoms with Crippen molar-refractivity contribution in [2.75, 3.05) is 6.54 Å². The van der Waals surface area contributed by atoms with E-state index in [9.17, 15) is 9.59 Å². The van der Waals surface area contributed by atoms with Gasteiger partial charge in [0.2, 0.25) is 0 Å². The van der Waals surface area contributed by atoms with Crippen LogP contribution in [0.5, 0.6) is 0 Å². The van der Waals surface area contributed by atoms with Gasteiger partial charge in [0, 0.05) is 6.54 Å². The second kappa shape index (κ2) is 10.8. The van der Waals surface area contributed by atoms with Gasteiger partial charge in [-0.25, -0.2) is 0 Å². The highest BCUT2D eigenvalue weighted by Crippen LogP contribution is 2.15. The maximum Gasteiger partial charge on any atom is 0.309 e. The molecule has 0 radical (unpaired) electrons. The normalized spacial score (nSPS) is 13.7. The van der Waals surface area contributed by atoms with Crippen molar-refractivity contribution in [3.05, 3.63) is 0 Å². The van der Waals surface area contributed by atoms with Crippen LogP contribution in [-0.4, -0.2) is 24.5 Å². The van der Waals surface area contributed by atoms with Crippen molar-refractivity contribution < 1.29 is 14.3 Å². The maximum absolute atomic E-state index is 11.9. The van der Waals surface area contributed by atoms with Gasteiger partial charge in [0.1, 0.15) is 0 Å². The Morgan fingerprint density at radius 2 is 1.74 bits per heavy atom. The SMILES string of the molecule is CCCCNC(=O)[C@H](C)OC(=O)[C@@H](CC)CCCC. The molecule has 0 saturated carbocycles. The summed E-state index contributed by atoms with van der Waals surface area (Å²) in [7, 11) is 0. The molecule has 0 heterocycles. The number of carbonyl (C=O) groups excluding carboxylic acids is 2. The van der Waals surface area contributed by atoms with Crippen molar-refractivity contribution in [1.29, 1.82) is 0 Å². The van der Waals surface area contributed by atoms with Gasteiger partial charge >= 0.3 is 5.97 Å². The molecule has 0 aliphatic heterocycles. The van der Waals surface area contributed by atoms with E-state index < -0.39 is 6.10 Å². The molecule has 0 unspecified atom stereocenters. The fraction of sp³-hybridized carbons (Fsp3) is 0.867. The van der Waals surface area contributed by atoms with E-state index in [4.69, 9.17) is 4.74 Å². The lowest BCUT2D eigenvalue weighted by Gasteiger charge is -2.18. The van der Waals surface area contributed by atoms with Crippen molar-refractivity contribution in [2.24, 2.45) is 5.92 Å². The van der Waals surface area contributed by atoms with Crippen molar-refractivity contribution in [2.45, 2.75) is 72.3 Å². The number of esters is 1. The van der Waals surface area contributed by atoms with Gasteiger partial charge in [0.05, 0.1) is 5.92 Å². The Morgan fingerprint density at radius 3 is 2.26 bits per heavy atom. The molecule has 19 heavy (non-hydrogen) atoms. The molecule has 4 heteroatoms. The zero-order chi connectivity index (χ0) is 14.7. The molecule has 0 spiro atoms. The molecular formula is C15H29NO3. The van der Waals surface area contributed by atoms with E-state index in [-0.39, 0.29) is 17.8 Å². The van der Waals surface area contributed by atoms with Gasteiger partial charge in [-0.2, -0.15) is 0 Å². The average Bonchev–Trinajstić information content (AvgIpc) is 2.39. The first-order valence-electron chi connectivity index (χ1n) is 7.54. The summed E-state index contributed by atoms with van der Waals surface area (Å²) in [4.78, 5) is 23.6. The largest absolute Gasteiger partial charge is 0.452 e. The minimum absolute atomic E-state index is 0.0779. The molecule has 4 nitrogen and oxygen atoms in total. The Balaban J connectivity index is 4.10. The molecule has 0 aromatic carbocycles. The molecule has 0 bridgehead atoms. The summed E-state index contributed by atoms with van der Waals surface area (Å²) in [5.41, 5.74) is 0. The number of hydrogen-bond acceptors (Lipinski definition) is 3. The van der Waals surface area contributed by atoms with Gasteiger partial charge in [-0.05, 0) is 26.2 Å². The van der Waals surface area contributed by atoms with Crippen LogP contribution in [0.15, 0.2) is 0 Å². The first-order chi connectivity index (χ1) is 9.06. The Hall–Kier alpha value is -1.06. The molecule has 0 aliphatic carbocycles. The lowest BCUT2D eigenvalue weighted by atomic mass is 10.00. The molecule has 0 saturated heterocycles. The van der Waals surface area contributed by atoms with E-state index in [0.29, 0.717) is 6.54 Å². The number of carbonyl (C=O) groups is 2.